The Labute approximate surface area is 140 Å². The number of rotatable bonds is 4. The number of hydrogen-bond acceptors (Lipinski definition) is 3. The maximum absolute atomic E-state index is 6.09. The Hall–Kier alpha value is -2.78. The Morgan fingerprint density at radius 3 is 1.65 bits per heavy atom. The summed E-state index contributed by atoms with van der Waals surface area (Å²) in [5, 5.41) is 0.165. The van der Waals surface area contributed by atoms with Crippen molar-refractivity contribution >= 4 is 23.8 Å². The molecule has 0 N–H and O–H groups in total. The molecule has 1 heterocycles. The van der Waals surface area contributed by atoms with E-state index in [9.17, 15) is 0 Å². The average molecular weight is 320 g/mol. The van der Waals surface area contributed by atoms with Gasteiger partial charge < -0.3 is 0 Å². The SMILES string of the molecule is C=Cc1cccc(-c2nc(Cl)nc(-c3cccc(C=C)c3)n2)c1. The van der Waals surface area contributed by atoms with Crippen molar-refractivity contribution in [3.05, 3.63) is 78.1 Å². The van der Waals surface area contributed by atoms with Crippen molar-refractivity contribution < 1.29 is 0 Å². The van der Waals surface area contributed by atoms with Crippen LogP contribution in [0.1, 0.15) is 11.1 Å². The lowest BCUT2D eigenvalue weighted by Crippen LogP contribution is -1.97. The van der Waals surface area contributed by atoms with Crippen molar-refractivity contribution in [1.29, 1.82) is 0 Å². The summed E-state index contributed by atoms with van der Waals surface area (Å²) in [6.45, 7) is 7.56. The highest BCUT2D eigenvalue weighted by atomic mass is 35.5. The minimum absolute atomic E-state index is 0.165. The van der Waals surface area contributed by atoms with Gasteiger partial charge in [-0.15, -0.1) is 0 Å². The summed E-state index contributed by atoms with van der Waals surface area (Å²) in [6.07, 6.45) is 3.56. The first-order valence-electron chi connectivity index (χ1n) is 7.07. The lowest BCUT2D eigenvalue weighted by atomic mass is 10.1. The molecule has 0 aliphatic carbocycles. The van der Waals surface area contributed by atoms with Gasteiger partial charge in [-0.1, -0.05) is 61.7 Å². The van der Waals surface area contributed by atoms with Gasteiger partial charge in [0.1, 0.15) is 0 Å². The van der Waals surface area contributed by atoms with E-state index in [0.717, 1.165) is 22.3 Å². The standard InChI is InChI=1S/C19H14ClN3/c1-3-13-7-5-9-15(11-13)17-21-18(23-19(20)22-17)16-10-6-8-14(4-2)12-16/h3-12H,1-2H2. The number of nitrogens with zero attached hydrogens (tertiary/aromatic N) is 3. The summed E-state index contributed by atoms with van der Waals surface area (Å²) >= 11 is 6.09. The van der Waals surface area contributed by atoms with Crippen LogP contribution in [0.2, 0.25) is 5.28 Å². The summed E-state index contributed by atoms with van der Waals surface area (Å²) in [7, 11) is 0. The van der Waals surface area contributed by atoms with Crippen LogP contribution in [0.5, 0.6) is 0 Å². The maximum atomic E-state index is 6.09. The molecule has 0 amide bonds. The zero-order valence-corrected chi connectivity index (χ0v) is 13.2. The molecule has 3 rings (SSSR count). The van der Waals surface area contributed by atoms with Crippen LogP contribution < -0.4 is 0 Å². The van der Waals surface area contributed by atoms with Gasteiger partial charge >= 0.3 is 0 Å². The van der Waals surface area contributed by atoms with Crippen LogP contribution in [0.25, 0.3) is 34.9 Å². The minimum atomic E-state index is 0.165. The maximum Gasteiger partial charge on any atom is 0.226 e. The Bertz CT molecular complexity index is 818. The van der Waals surface area contributed by atoms with Crippen LogP contribution in [-0.4, -0.2) is 15.0 Å². The molecular formula is C19H14ClN3. The van der Waals surface area contributed by atoms with E-state index in [4.69, 9.17) is 11.6 Å². The highest BCUT2D eigenvalue weighted by Gasteiger charge is 2.09. The van der Waals surface area contributed by atoms with Crippen LogP contribution in [-0.2, 0) is 0 Å². The fraction of sp³-hybridized carbons (Fsp3) is 0. The summed E-state index contributed by atoms with van der Waals surface area (Å²) in [6, 6.07) is 15.6. The molecule has 2 aromatic carbocycles. The van der Waals surface area contributed by atoms with Crippen LogP contribution in [0.3, 0.4) is 0 Å². The largest absolute Gasteiger partial charge is 0.226 e. The predicted molar refractivity (Wildman–Crippen MR) is 95.9 cm³/mol. The third-order valence-electron chi connectivity index (χ3n) is 3.37. The van der Waals surface area contributed by atoms with Gasteiger partial charge in [0.25, 0.3) is 0 Å². The second-order valence-corrected chi connectivity index (χ2v) is 5.25. The van der Waals surface area contributed by atoms with E-state index in [1.54, 1.807) is 12.2 Å². The molecule has 4 heteroatoms. The van der Waals surface area contributed by atoms with Gasteiger partial charge in [0.15, 0.2) is 11.6 Å². The molecule has 1 aromatic heterocycles. The average Bonchev–Trinajstić information content (AvgIpc) is 2.61. The van der Waals surface area contributed by atoms with E-state index in [0.29, 0.717) is 11.6 Å². The van der Waals surface area contributed by atoms with Crippen LogP contribution in [0, 0.1) is 0 Å². The molecule has 3 aromatic rings. The van der Waals surface area contributed by atoms with Crippen molar-refractivity contribution in [2.75, 3.05) is 0 Å². The van der Waals surface area contributed by atoms with Gasteiger partial charge in [-0.2, -0.15) is 9.97 Å². The van der Waals surface area contributed by atoms with Crippen LogP contribution in [0.4, 0.5) is 0 Å². The van der Waals surface area contributed by atoms with E-state index in [-0.39, 0.29) is 5.28 Å². The normalized spacial score (nSPS) is 10.3. The molecule has 3 nitrogen and oxygen atoms in total. The van der Waals surface area contributed by atoms with Crippen molar-refractivity contribution in [3.8, 4) is 22.8 Å². The van der Waals surface area contributed by atoms with Gasteiger partial charge in [-0.3, -0.25) is 0 Å². The Kier molecular flexibility index (Phi) is 4.31. The molecule has 0 unspecified atom stereocenters. The summed E-state index contributed by atoms with van der Waals surface area (Å²) in [5.41, 5.74) is 3.73. The second kappa shape index (κ2) is 6.55. The Morgan fingerprint density at radius 2 is 1.22 bits per heavy atom. The monoisotopic (exact) mass is 319 g/mol. The quantitative estimate of drug-likeness (QED) is 0.668. The Balaban J connectivity index is 2.11. The van der Waals surface area contributed by atoms with E-state index >= 15 is 0 Å². The molecule has 0 saturated carbocycles. The van der Waals surface area contributed by atoms with Gasteiger partial charge in [0.2, 0.25) is 5.28 Å². The fourth-order valence-electron chi connectivity index (χ4n) is 2.22. The van der Waals surface area contributed by atoms with E-state index in [1.165, 1.54) is 0 Å². The predicted octanol–water partition coefficient (Wildman–Crippen LogP) is 5.15. The number of halogens is 1. The van der Waals surface area contributed by atoms with E-state index in [2.05, 4.69) is 28.1 Å². The van der Waals surface area contributed by atoms with E-state index < -0.39 is 0 Å². The molecule has 0 atom stereocenters. The molecule has 112 valence electrons. The smallest absolute Gasteiger partial charge is 0.208 e. The van der Waals surface area contributed by atoms with Gasteiger partial charge in [-0.25, -0.2) is 4.98 Å². The van der Waals surface area contributed by atoms with Gasteiger partial charge in [0.05, 0.1) is 0 Å². The summed E-state index contributed by atoms with van der Waals surface area (Å²) in [5.74, 6) is 1.07. The third kappa shape index (κ3) is 3.35. The first-order chi connectivity index (χ1) is 11.2. The molecule has 0 saturated heterocycles. The Morgan fingerprint density at radius 1 is 0.739 bits per heavy atom. The number of benzene rings is 2. The second-order valence-electron chi connectivity index (χ2n) is 4.91. The van der Waals surface area contributed by atoms with Crippen molar-refractivity contribution in [3.63, 3.8) is 0 Å². The van der Waals surface area contributed by atoms with Gasteiger partial charge in [0, 0.05) is 11.1 Å². The molecule has 0 aliphatic rings. The minimum Gasteiger partial charge on any atom is -0.208 e. The highest BCUT2D eigenvalue weighted by molar-refractivity contribution is 6.28. The topological polar surface area (TPSA) is 38.7 Å². The molecular weight excluding hydrogens is 306 g/mol. The molecule has 0 aliphatic heterocycles. The summed E-state index contributed by atoms with van der Waals surface area (Å²) < 4.78 is 0. The van der Waals surface area contributed by atoms with Gasteiger partial charge in [-0.05, 0) is 34.9 Å². The number of aromatic nitrogens is 3. The molecule has 0 bridgehead atoms. The first-order valence-corrected chi connectivity index (χ1v) is 7.45. The summed E-state index contributed by atoms with van der Waals surface area (Å²) in [4.78, 5) is 13.0. The van der Waals surface area contributed by atoms with E-state index in [1.807, 2.05) is 48.5 Å². The zero-order chi connectivity index (χ0) is 16.2. The zero-order valence-electron chi connectivity index (χ0n) is 12.4. The van der Waals surface area contributed by atoms with Crippen LogP contribution in [0.15, 0.2) is 61.7 Å². The lowest BCUT2D eigenvalue weighted by Gasteiger charge is -2.06. The first kappa shape index (κ1) is 15.1. The fourth-order valence-corrected chi connectivity index (χ4v) is 2.38. The third-order valence-corrected chi connectivity index (χ3v) is 3.54. The molecule has 0 spiro atoms. The molecule has 0 radical (unpaired) electrons. The molecule has 0 fully saturated rings. The number of hydrogen-bond donors (Lipinski definition) is 0. The van der Waals surface area contributed by atoms with Crippen molar-refractivity contribution in [2.45, 2.75) is 0 Å². The lowest BCUT2D eigenvalue weighted by molar-refractivity contribution is 1.07. The molecule has 23 heavy (non-hydrogen) atoms. The van der Waals surface area contributed by atoms with Crippen LogP contribution >= 0.6 is 11.6 Å². The van der Waals surface area contributed by atoms with Crippen molar-refractivity contribution in [1.82, 2.24) is 15.0 Å². The highest BCUT2D eigenvalue weighted by Crippen LogP contribution is 2.23. The van der Waals surface area contributed by atoms with Crippen molar-refractivity contribution in [2.24, 2.45) is 0 Å².